The molecule has 0 atom stereocenters. The van der Waals surface area contributed by atoms with Crippen molar-refractivity contribution >= 4 is 5.91 Å². The molecule has 0 bridgehead atoms. The number of aliphatic hydroxyl groups is 1. The molecular weight excluding hydrogens is 242 g/mol. The molecule has 0 aliphatic carbocycles. The number of aromatic nitrogens is 2. The number of rotatable bonds is 8. The van der Waals surface area contributed by atoms with E-state index in [9.17, 15) is 4.79 Å². The van der Waals surface area contributed by atoms with Gasteiger partial charge in [-0.15, -0.1) is 0 Å². The van der Waals surface area contributed by atoms with Crippen molar-refractivity contribution in [2.45, 2.75) is 46.5 Å². The van der Waals surface area contributed by atoms with E-state index in [2.05, 4.69) is 29.1 Å². The molecule has 0 saturated carbocycles. The number of aromatic amines is 1. The van der Waals surface area contributed by atoms with Gasteiger partial charge in [-0.05, 0) is 24.7 Å². The number of aryl methyl sites for hydroxylation is 1. The molecule has 0 aliphatic rings. The lowest BCUT2D eigenvalue weighted by Crippen LogP contribution is -2.37. The van der Waals surface area contributed by atoms with Crippen molar-refractivity contribution in [2.24, 2.45) is 5.41 Å². The number of nitrogens with one attached hydrogen (secondary N) is 2. The maximum absolute atomic E-state index is 12.0. The van der Waals surface area contributed by atoms with E-state index in [4.69, 9.17) is 5.11 Å². The minimum Gasteiger partial charge on any atom is -0.396 e. The van der Waals surface area contributed by atoms with Crippen LogP contribution in [-0.4, -0.2) is 34.1 Å². The number of H-pyrrole nitrogens is 1. The predicted molar refractivity (Wildman–Crippen MR) is 75.0 cm³/mol. The van der Waals surface area contributed by atoms with Crippen molar-refractivity contribution in [3.05, 3.63) is 17.7 Å². The van der Waals surface area contributed by atoms with Crippen LogP contribution in [0.4, 0.5) is 0 Å². The highest BCUT2D eigenvalue weighted by Gasteiger charge is 2.26. The molecule has 1 aromatic heterocycles. The number of carbonyl (C=O) groups excluding carboxylic acids is 1. The highest BCUT2D eigenvalue weighted by Crippen LogP contribution is 2.29. The summed E-state index contributed by atoms with van der Waals surface area (Å²) in [5.74, 6) is 0.689. The Bertz CT molecular complexity index is 397. The number of hydrogen-bond acceptors (Lipinski definition) is 3. The molecule has 19 heavy (non-hydrogen) atoms. The second-order valence-corrected chi connectivity index (χ2v) is 4.96. The van der Waals surface area contributed by atoms with Gasteiger partial charge in [-0.25, -0.2) is 4.98 Å². The fourth-order valence-electron chi connectivity index (χ4n) is 2.20. The highest BCUT2D eigenvalue weighted by molar-refractivity contribution is 5.92. The van der Waals surface area contributed by atoms with E-state index in [1.807, 2.05) is 6.92 Å². The van der Waals surface area contributed by atoms with Crippen molar-refractivity contribution in [3.63, 3.8) is 0 Å². The van der Waals surface area contributed by atoms with Gasteiger partial charge in [-0.1, -0.05) is 20.8 Å². The Morgan fingerprint density at radius 1 is 1.42 bits per heavy atom. The Hall–Kier alpha value is -1.36. The fraction of sp³-hybridized carbons (Fsp3) is 0.714. The van der Waals surface area contributed by atoms with E-state index in [0.29, 0.717) is 18.7 Å². The molecule has 0 saturated heterocycles. The number of hydrogen-bond donors (Lipinski definition) is 3. The zero-order chi connectivity index (χ0) is 14.3. The maximum Gasteiger partial charge on any atom is 0.269 e. The lowest BCUT2D eigenvalue weighted by atomic mass is 9.79. The van der Waals surface area contributed by atoms with Gasteiger partial charge in [0.15, 0.2) is 0 Å². The fourth-order valence-corrected chi connectivity index (χ4v) is 2.20. The largest absolute Gasteiger partial charge is 0.396 e. The van der Waals surface area contributed by atoms with Crippen molar-refractivity contribution < 1.29 is 9.90 Å². The number of imidazole rings is 1. The summed E-state index contributed by atoms with van der Waals surface area (Å²) < 4.78 is 0. The van der Waals surface area contributed by atoms with E-state index in [0.717, 1.165) is 25.1 Å². The van der Waals surface area contributed by atoms with Crippen LogP contribution in [0.25, 0.3) is 0 Å². The van der Waals surface area contributed by atoms with Gasteiger partial charge in [-0.2, -0.15) is 0 Å². The van der Waals surface area contributed by atoms with Gasteiger partial charge in [0.25, 0.3) is 5.91 Å². The molecule has 1 rings (SSSR count). The van der Waals surface area contributed by atoms with Crippen LogP contribution in [-0.2, 0) is 6.42 Å². The van der Waals surface area contributed by atoms with Gasteiger partial charge in [0.2, 0.25) is 0 Å². The Morgan fingerprint density at radius 3 is 2.58 bits per heavy atom. The topological polar surface area (TPSA) is 78.0 Å². The molecule has 1 heterocycles. The summed E-state index contributed by atoms with van der Waals surface area (Å²) in [6.07, 6.45) is 4.94. The molecule has 0 fully saturated rings. The number of carbonyl (C=O) groups is 1. The average molecular weight is 267 g/mol. The Kier molecular flexibility index (Phi) is 6.02. The molecule has 0 aliphatic heterocycles. The van der Waals surface area contributed by atoms with Crippen LogP contribution in [0.5, 0.6) is 0 Å². The molecule has 5 nitrogen and oxygen atoms in total. The monoisotopic (exact) mass is 267 g/mol. The van der Waals surface area contributed by atoms with E-state index in [1.165, 1.54) is 0 Å². The summed E-state index contributed by atoms with van der Waals surface area (Å²) in [4.78, 5) is 19.1. The van der Waals surface area contributed by atoms with Gasteiger partial charge in [0, 0.05) is 19.6 Å². The maximum atomic E-state index is 12.0. The summed E-state index contributed by atoms with van der Waals surface area (Å²) in [7, 11) is 0. The Balaban J connectivity index is 2.61. The second-order valence-electron chi connectivity index (χ2n) is 4.96. The van der Waals surface area contributed by atoms with Crippen LogP contribution in [0.1, 0.15) is 56.3 Å². The lowest BCUT2D eigenvalue weighted by Gasteiger charge is -2.31. The van der Waals surface area contributed by atoms with Crippen LogP contribution in [0.3, 0.4) is 0 Å². The first kappa shape index (κ1) is 15.7. The van der Waals surface area contributed by atoms with Gasteiger partial charge in [0.1, 0.15) is 11.5 Å². The normalized spacial score (nSPS) is 11.6. The molecule has 108 valence electrons. The van der Waals surface area contributed by atoms with Crippen LogP contribution < -0.4 is 5.32 Å². The van der Waals surface area contributed by atoms with Crippen molar-refractivity contribution in [1.82, 2.24) is 15.3 Å². The zero-order valence-electron chi connectivity index (χ0n) is 12.1. The standard InChI is InChI=1S/C14H25N3O2/c1-4-12-15-9-11(17-12)13(19)16-10-14(5-2,6-3)7-8-18/h9,18H,4-8,10H2,1-3H3,(H,15,17)(H,16,19). The molecule has 0 aromatic carbocycles. The molecule has 0 unspecified atom stereocenters. The van der Waals surface area contributed by atoms with Gasteiger partial charge >= 0.3 is 0 Å². The second kappa shape index (κ2) is 7.28. The third kappa shape index (κ3) is 4.06. The van der Waals surface area contributed by atoms with E-state index >= 15 is 0 Å². The van der Waals surface area contributed by atoms with Gasteiger partial charge < -0.3 is 15.4 Å². The summed E-state index contributed by atoms with van der Waals surface area (Å²) in [6.45, 7) is 6.91. The van der Waals surface area contributed by atoms with Gasteiger partial charge in [-0.3, -0.25) is 4.79 Å². The van der Waals surface area contributed by atoms with Crippen molar-refractivity contribution in [2.75, 3.05) is 13.2 Å². The third-order valence-corrected chi connectivity index (χ3v) is 3.97. The quantitative estimate of drug-likeness (QED) is 0.673. The summed E-state index contributed by atoms with van der Waals surface area (Å²) in [5, 5.41) is 12.1. The SMILES string of the molecule is CCc1ncc(C(=O)NCC(CC)(CC)CCO)[nH]1. The van der Waals surface area contributed by atoms with E-state index in [-0.39, 0.29) is 17.9 Å². The highest BCUT2D eigenvalue weighted by atomic mass is 16.3. The molecule has 3 N–H and O–H groups in total. The van der Waals surface area contributed by atoms with Crippen LogP contribution >= 0.6 is 0 Å². The first-order chi connectivity index (χ1) is 9.10. The lowest BCUT2D eigenvalue weighted by molar-refractivity contribution is 0.0902. The van der Waals surface area contributed by atoms with Crippen LogP contribution in [0.2, 0.25) is 0 Å². The third-order valence-electron chi connectivity index (χ3n) is 3.97. The molecule has 0 radical (unpaired) electrons. The molecule has 1 aromatic rings. The zero-order valence-corrected chi connectivity index (χ0v) is 12.1. The summed E-state index contributed by atoms with van der Waals surface area (Å²) in [5.41, 5.74) is 0.486. The summed E-state index contributed by atoms with van der Waals surface area (Å²) in [6, 6.07) is 0. The smallest absolute Gasteiger partial charge is 0.269 e. The molecular formula is C14H25N3O2. The molecule has 5 heteroatoms. The summed E-state index contributed by atoms with van der Waals surface area (Å²) >= 11 is 0. The van der Waals surface area contributed by atoms with E-state index in [1.54, 1.807) is 6.20 Å². The predicted octanol–water partition coefficient (Wildman–Crippen LogP) is 1.89. The first-order valence-electron chi connectivity index (χ1n) is 7.03. The Morgan fingerprint density at radius 2 is 2.11 bits per heavy atom. The minimum absolute atomic E-state index is 0.0159. The van der Waals surface area contributed by atoms with Crippen LogP contribution in [0.15, 0.2) is 6.20 Å². The Labute approximate surface area is 114 Å². The van der Waals surface area contributed by atoms with E-state index < -0.39 is 0 Å². The van der Waals surface area contributed by atoms with Crippen LogP contribution in [0, 0.1) is 5.41 Å². The minimum atomic E-state index is -0.128. The van der Waals surface area contributed by atoms with Crippen molar-refractivity contribution in [1.29, 1.82) is 0 Å². The molecule has 1 amide bonds. The number of nitrogens with zero attached hydrogens (tertiary/aromatic N) is 1. The molecule has 0 spiro atoms. The average Bonchev–Trinajstić information content (AvgIpc) is 2.92. The van der Waals surface area contributed by atoms with Gasteiger partial charge in [0.05, 0.1) is 6.20 Å². The number of amides is 1. The van der Waals surface area contributed by atoms with Crippen molar-refractivity contribution in [3.8, 4) is 0 Å². The first-order valence-corrected chi connectivity index (χ1v) is 7.03. The number of aliphatic hydroxyl groups excluding tert-OH is 1.